The molecule has 16 heavy (non-hydrogen) atoms. The molecule has 4 heteroatoms. The minimum atomic E-state index is 0.514. The van der Waals surface area contributed by atoms with Crippen molar-refractivity contribution in [2.75, 3.05) is 19.0 Å². The molecule has 90 valence electrons. The zero-order valence-electron chi connectivity index (χ0n) is 10.6. The fraction of sp³-hybridized carbons (Fsp3) is 0.750. The van der Waals surface area contributed by atoms with Gasteiger partial charge in [-0.15, -0.1) is 11.3 Å². The molecule has 1 aliphatic carbocycles. The molecule has 1 aromatic rings. The number of hydrogen-bond acceptors (Lipinski definition) is 4. The molecule has 1 heterocycles. The highest BCUT2D eigenvalue weighted by molar-refractivity contribution is 7.15. The SMILES string of the molecule is CNCc1sc(N(C)C(C)C)nc1C1CC1. The summed E-state index contributed by atoms with van der Waals surface area (Å²) < 4.78 is 0. The second kappa shape index (κ2) is 4.72. The van der Waals surface area contributed by atoms with E-state index in [1.54, 1.807) is 0 Å². The molecular weight excluding hydrogens is 218 g/mol. The standard InChI is InChI=1S/C12H21N3S/c1-8(2)15(4)12-14-11(9-5-6-9)10(16-12)7-13-3/h8-9,13H,5-7H2,1-4H3. The first-order valence-electron chi connectivity index (χ1n) is 6.00. The predicted octanol–water partition coefficient (Wildman–Crippen LogP) is 2.58. The Labute approximate surface area is 102 Å². The Morgan fingerprint density at radius 2 is 2.19 bits per heavy atom. The summed E-state index contributed by atoms with van der Waals surface area (Å²) in [5.74, 6) is 0.744. The lowest BCUT2D eigenvalue weighted by atomic mass is 10.2. The van der Waals surface area contributed by atoms with E-state index in [0.717, 1.165) is 12.5 Å². The van der Waals surface area contributed by atoms with Gasteiger partial charge in [-0.25, -0.2) is 4.98 Å². The fourth-order valence-corrected chi connectivity index (χ4v) is 2.94. The molecule has 1 fully saturated rings. The summed E-state index contributed by atoms with van der Waals surface area (Å²) in [6.07, 6.45) is 2.65. The number of hydrogen-bond donors (Lipinski definition) is 1. The zero-order valence-corrected chi connectivity index (χ0v) is 11.4. The van der Waals surface area contributed by atoms with Crippen LogP contribution in [0.4, 0.5) is 5.13 Å². The third kappa shape index (κ3) is 2.38. The molecule has 0 spiro atoms. The molecule has 0 atom stereocenters. The van der Waals surface area contributed by atoms with Crippen LogP contribution in [-0.4, -0.2) is 25.1 Å². The molecule has 0 unspecified atom stereocenters. The molecule has 1 aromatic heterocycles. The van der Waals surface area contributed by atoms with Gasteiger partial charge in [-0.05, 0) is 33.7 Å². The van der Waals surface area contributed by atoms with Crippen LogP contribution in [0.5, 0.6) is 0 Å². The van der Waals surface area contributed by atoms with Crippen molar-refractivity contribution in [3.8, 4) is 0 Å². The lowest BCUT2D eigenvalue weighted by Crippen LogP contribution is -2.25. The normalized spacial score (nSPS) is 15.8. The van der Waals surface area contributed by atoms with Gasteiger partial charge in [0.15, 0.2) is 5.13 Å². The van der Waals surface area contributed by atoms with Gasteiger partial charge >= 0.3 is 0 Å². The van der Waals surface area contributed by atoms with E-state index in [4.69, 9.17) is 4.98 Å². The maximum Gasteiger partial charge on any atom is 0.185 e. The number of nitrogens with zero attached hydrogens (tertiary/aromatic N) is 2. The van der Waals surface area contributed by atoms with E-state index >= 15 is 0 Å². The monoisotopic (exact) mass is 239 g/mol. The molecule has 3 nitrogen and oxygen atoms in total. The van der Waals surface area contributed by atoms with Crippen molar-refractivity contribution in [2.24, 2.45) is 0 Å². The van der Waals surface area contributed by atoms with E-state index < -0.39 is 0 Å². The first-order chi connectivity index (χ1) is 7.63. The van der Waals surface area contributed by atoms with Crippen LogP contribution < -0.4 is 10.2 Å². The summed E-state index contributed by atoms with van der Waals surface area (Å²) in [6.45, 7) is 5.36. The quantitative estimate of drug-likeness (QED) is 0.856. The van der Waals surface area contributed by atoms with Crippen LogP contribution in [0, 0.1) is 0 Å². The van der Waals surface area contributed by atoms with Crippen molar-refractivity contribution >= 4 is 16.5 Å². The third-order valence-corrected chi connectivity index (χ3v) is 4.26. The van der Waals surface area contributed by atoms with Gasteiger partial charge < -0.3 is 10.2 Å². The number of anilines is 1. The Bertz CT molecular complexity index is 355. The van der Waals surface area contributed by atoms with Crippen molar-refractivity contribution < 1.29 is 0 Å². The van der Waals surface area contributed by atoms with E-state index in [1.165, 1.54) is 28.5 Å². The molecule has 0 radical (unpaired) electrons. The Morgan fingerprint density at radius 3 is 2.69 bits per heavy atom. The highest BCUT2D eigenvalue weighted by atomic mass is 32.1. The molecule has 1 aliphatic rings. The summed E-state index contributed by atoms with van der Waals surface area (Å²) in [7, 11) is 4.13. The van der Waals surface area contributed by atoms with Gasteiger partial charge in [0.2, 0.25) is 0 Å². The highest BCUT2D eigenvalue weighted by Gasteiger charge is 2.30. The summed E-state index contributed by atoms with van der Waals surface area (Å²) in [5.41, 5.74) is 1.35. The maximum absolute atomic E-state index is 4.82. The Morgan fingerprint density at radius 1 is 1.50 bits per heavy atom. The summed E-state index contributed by atoms with van der Waals surface area (Å²) in [4.78, 5) is 8.50. The molecule has 0 aliphatic heterocycles. The van der Waals surface area contributed by atoms with Crippen molar-refractivity contribution in [1.29, 1.82) is 0 Å². The van der Waals surface area contributed by atoms with E-state index in [9.17, 15) is 0 Å². The van der Waals surface area contributed by atoms with Gasteiger partial charge in [0.05, 0.1) is 5.69 Å². The summed E-state index contributed by atoms with van der Waals surface area (Å²) in [5, 5.41) is 4.41. The smallest absolute Gasteiger partial charge is 0.185 e. The first-order valence-corrected chi connectivity index (χ1v) is 6.82. The van der Waals surface area contributed by atoms with E-state index in [-0.39, 0.29) is 0 Å². The minimum Gasteiger partial charge on any atom is -0.349 e. The minimum absolute atomic E-state index is 0.514. The molecule has 0 aromatic carbocycles. The Balaban J connectivity index is 2.23. The van der Waals surface area contributed by atoms with Crippen LogP contribution >= 0.6 is 11.3 Å². The second-order valence-electron chi connectivity index (χ2n) is 4.81. The second-order valence-corrected chi connectivity index (χ2v) is 5.88. The van der Waals surface area contributed by atoms with Crippen LogP contribution in [0.1, 0.15) is 43.2 Å². The van der Waals surface area contributed by atoms with Crippen LogP contribution in [0.2, 0.25) is 0 Å². The topological polar surface area (TPSA) is 28.2 Å². The zero-order chi connectivity index (χ0) is 11.7. The fourth-order valence-electron chi connectivity index (χ4n) is 1.69. The van der Waals surface area contributed by atoms with Crippen molar-refractivity contribution in [1.82, 2.24) is 10.3 Å². The largest absolute Gasteiger partial charge is 0.349 e. The van der Waals surface area contributed by atoms with Crippen LogP contribution in [0.3, 0.4) is 0 Å². The average molecular weight is 239 g/mol. The highest BCUT2D eigenvalue weighted by Crippen LogP contribution is 2.44. The van der Waals surface area contributed by atoms with Gasteiger partial charge in [-0.2, -0.15) is 0 Å². The maximum atomic E-state index is 4.82. The van der Waals surface area contributed by atoms with E-state index in [2.05, 4.69) is 31.1 Å². The predicted molar refractivity (Wildman–Crippen MR) is 70.4 cm³/mol. The molecule has 0 bridgehead atoms. The van der Waals surface area contributed by atoms with E-state index in [0.29, 0.717) is 6.04 Å². The van der Waals surface area contributed by atoms with Gasteiger partial charge in [0.1, 0.15) is 0 Å². The molecule has 2 rings (SSSR count). The van der Waals surface area contributed by atoms with Crippen LogP contribution in [0.15, 0.2) is 0 Å². The molecule has 0 amide bonds. The first kappa shape index (κ1) is 11.9. The number of rotatable bonds is 5. The van der Waals surface area contributed by atoms with Crippen molar-refractivity contribution in [3.05, 3.63) is 10.6 Å². The third-order valence-electron chi connectivity index (χ3n) is 3.09. The number of thiazole rings is 1. The Kier molecular flexibility index (Phi) is 3.50. The number of nitrogens with one attached hydrogen (secondary N) is 1. The average Bonchev–Trinajstić information content (AvgIpc) is 3.00. The van der Waals surface area contributed by atoms with Crippen LogP contribution in [0.25, 0.3) is 0 Å². The molecule has 1 N–H and O–H groups in total. The van der Waals surface area contributed by atoms with Gasteiger partial charge in [0.25, 0.3) is 0 Å². The van der Waals surface area contributed by atoms with Gasteiger partial charge in [-0.3, -0.25) is 0 Å². The van der Waals surface area contributed by atoms with E-state index in [1.807, 2.05) is 18.4 Å². The number of aromatic nitrogens is 1. The van der Waals surface area contributed by atoms with Crippen molar-refractivity contribution in [3.63, 3.8) is 0 Å². The lowest BCUT2D eigenvalue weighted by molar-refractivity contribution is 0.748. The van der Waals surface area contributed by atoms with Gasteiger partial charge in [0, 0.05) is 30.4 Å². The van der Waals surface area contributed by atoms with Crippen molar-refractivity contribution in [2.45, 2.75) is 45.2 Å². The Hall–Kier alpha value is -0.610. The molecular formula is C12H21N3S. The summed E-state index contributed by atoms with van der Waals surface area (Å²) >= 11 is 1.84. The van der Waals surface area contributed by atoms with Crippen LogP contribution in [-0.2, 0) is 6.54 Å². The lowest BCUT2D eigenvalue weighted by Gasteiger charge is -2.19. The molecule has 0 saturated heterocycles. The summed E-state index contributed by atoms with van der Waals surface area (Å²) in [6, 6.07) is 0.514. The van der Waals surface area contributed by atoms with Gasteiger partial charge in [-0.1, -0.05) is 0 Å². The molecule has 1 saturated carbocycles.